The Balaban J connectivity index is 1.60. The molecule has 2 aromatic carbocycles. The summed E-state index contributed by atoms with van der Waals surface area (Å²) >= 11 is 6.69. The Labute approximate surface area is 165 Å². The molecular formula is C23H25ClN2O. The lowest BCUT2D eigenvalue weighted by Crippen LogP contribution is -2.23. The van der Waals surface area contributed by atoms with Crippen LogP contribution in [0.1, 0.15) is 42.6 Å². The lowest BCUT2D eigenvalue weighted by atomic mass is 10.0. The Bertz CT molecular complexity index is 939. The Morgan fingerprint density at radius 3 is 2.70 bits per heavy atom. The van der Waals surface area contributed by atoms with Gasteiger partial charge in [-0.15, -0.1) is 0 Å². The Morgan fingerprint density at radius 1 is 1.15 bits per heavy atom. The maximum Gasteiger partial charge on any atom is 0.119 e. The predicted molar refractivity (Wildman–Crippen MR) is 111 cm³/mol. The van der Waals surface area contributed by atoms with Crippen LogP contribution in [0.2, 0.25) is 5.02 Å². The summed E-state index contributed by atoms with van der Waals surface area (Å²) in [5.41, 5.74) is 4.45. The van der Waals surface area contributed by atoms with Crippen LogP contribution in [0.3, 0.4) is 0 Å². The van der Waals surface area contributed by atoms with Gasteiger partial charge in [0.05, 0.1) is 22.8 Å². The molecule has 1 unspecified atom stereocenters. The van der Waals surface area contributed by atoms with E-state index in [1.165, 1.54) is 12.0 Å². The fourth-order valence-electron chi connectivity index (χ4n) is 4.06. The number of hydrogen-bond acceptors (Lipinski definition) is 3. The van der Waals surface area contributed by atoms with Crippen LogP contribution in [-0.4, -0.2) is 23.0 Å². The molecule has 0 aliphatic carbocycles. The van der Waals surface area contributed by atoms with Gasteiger partial charge in [0.25, 0.3) is 0 Å². The Hall–Kier alpha value is -2.10. The molecule has 3 nitrogen and oxygen atoms in total. The van der Waals surface area contributed by atoms with Crippen molar-refractivity contribution in [2.45, 2.75) is 39.3 Å². The van der Waals surface area contributed by atoms with E-state index in [1.807, 2.05) is 19.1 Å². The van der Waals surface area contributed by atoms with E-state index in [0.29, 0.717) is 12.6 Å². The van der Waals surface area contributed by atoms with Crippen LogP contribution < -0.4 is 4.74 Å². The molecule has 0 spiro atoms. The largest absolute Gasteiger partial charge is 0.494 e. The summed E-state index contributed by atoms with van der Waals surface area (Å²) in [7, 11) is 0. The molecule has 1 aliphatic heterocycles. The minimum Gasteiger partial charge on any atom is -0.494 e. The van der Waals surface area contributed by atoms with Crippen molar-refractivity contribution in [1.29, 1.82) is 0 Å². The predicted octanol–water partition coefficient (Wildman–Crippen LogP) is 5.93. The minimum atomic E-state index is 0.408. The van der Waals surface area contributed by atoms with Crippen molar-refractivity contribution in [2.75, 3.05) is 13.2 Å². The molecule has 4 rings (SSSR count). The zero-order valence-corrected chi connectivity index (χ0v) is 16.7. The fourth-order valence-corrected chi connectivity index (χ4v) is 4.26. The van der Waals surface area contributed by atoms with Crippen molar-refractivity contribution in [3.63, 3.8) is 0 Å². The van der Waals surface area contributed by atoms with Gasteiger partial charge in [0.1, 0.15) is 5.75 Å². The number of ether oxygens (including phenoxy) is 1. The molecule has 0 bridgehead atoms. The second-order valence-electron chi connectivity index (χ2n) is 7.15. The summed E-state index contributed by atoms with van der Waals surface area (Å²) in [5, 5.41) is 1.93. The summed E-state index contributed by atoms with van der Waals surface area (Å²) < 4.78 is 5.57. The van der Waals surface area contributed by atoms with Gasteiger partial charge in [0.2, 0.25) is 0 Å². The lowest BCUT2D eigenvalue weighted by Gasteiger charge is -2.25. The van der Waals surface area contributed by atoms with Gasteiger partial charge in [0, 0.05) is 18.0 Å². The van der Waals surface area contributed by atoms with Gasteiger partial charge in [-0.2, -0.15) is 0 Å². The highest BCUT2D eigenvalue weighted by Crippen LogP contribution is 2.36. The molecular weight excluding hydrogens is 356 g/mol. The van der Waals surface area contributed by atoms with Crippen molar-refractivity contribution < 1.29 is 4.74 Å². The average Bonchev–Trinajstić information content (AvgIpc) is 3.15. The third kappa shape index (κ3) is 3.67. The zero-order valence-electron chi connectivity index (χ0n) is 15.9. The molecule has 2 heterocycles. The van der Waals surface area contributed by atoms with Crippen LogP contribution in [0, 0.1) is 6.92 Å². The summed E-state index contributed by atoms with van der Waals surface area (Å²) in [6.45, 7) is 6.64. The molecule has 1 saturated heterocycles. The van der Waals surface area contributed by atoms with Crippen LogP contribution in [0.4, 0.5) is 0 Å². The summed E-state index contributed by atoms with van der Waals surface area (Å²) in [4.78, 5) is 7.37. The van der Waals surface area contributed by atoms with Gasteiger partial charge in [-0.25, -0.2) is 4.98 Å². The van der Waals surface area contributed by atoms with E-state index in [-0.39, 0.29) is 0 Å². The molecule has 0 amide bonds. The number of hydrogen-bond donors (Lipinski definition) is 0. The molecule has 140 valence electrons. The van der Waals surface area contributed by atoms with E-state index in [9.17, 15) is 0 Å². The molecule has 1 aliphatic rings. The van der Waals surface area contributed by atoms with Gasteiger partial charge in [-0.05, 0) is 62.6 Å². The molecule has 1 fully saturated rings. The minimum absolute atomic E-state index is 0.408. The van der Waals surface area contributed by atoms with Crippen molar-refractivity contribution in [2.24, 2.45) is 0 Å². The van der Waals surface area contributed by atoms with Gasteiger partial charge in [-0.3, -0.25) is 4.90 Å². The van der Waals surface area contributed by atoms with E-state index in [0.717, 1.165) is 52.4 Å². The monoisotopic (exact) mass is 380 g/mol. The van der Waals surface area contributed by atoms with Crippen LogP contribution >= 0.6 is 11.6 Å². The summed E-state index contributed by atoms with van der Waals surface area (Å²) in [6, 6.07) is 17.2. The van der Waals surface area contributed by atoms with Gasteiger partial charge in [0.15, 0.2) is 0 Å². The second kappa shape index (κ2) is 7.87. The second-order valence-corrected chi connectivity index (χ2v) is 7.52. The van der Waals surface area contributed by atoms with Crippen molar-refractivity contribution in [1.82, 2.24) is 9.88 Å². The topological polar surface area (TPSA) is 25.4 Å². The quantitative estimate of drug-likeness (QED) is 0.548. The highest BCUT2D eigenvalue weighted by atomic mass is 35.5. The number of halogens is 1. The third-order valence-corrected chi connectivity index (χ3v) is 5.94. The standard InChI is InChI=1S/C23H25ClN2O/c1-3-27-18-12-10-17(11-13-18)22-9-6-14-26(22)15-21-23(24)16(2)19-7-4-5-8-20(19)25-21/h4-5,7-8,10-13,22H,3,6,9,14-15H2,1-2H3. The molecule has 27 heavy (non-hydrogen) atoms. The van der Waals surface area contributed by atoms with E-state index in [2.05, 4.69) is 48.2 Å². The van der Waals surface area contributed by atoms with E-state index >= 15 is 0 Å². The van der Waals surface area contributed by atoms with Crippen LogP contribution in [-0.2, 0) is 6.54 Å². The third-order valence-electron chi connectivity index (χ3n) is 5.44. The van der Waals surface area contributed by atoms with Crippen molar-refractivity contribution in [3.05, 3.63) is 70.4 Å². The normalized spacial score (nSPS) is 17.5. The average molecular weight is 381 g/mol. The lowest BCUT2D eigenvalue weighted by molar-refractivity contribution is 0.245. The Kier molecular flexibility index (Phi) is 5.33. The maximum absolute atomic E-state index is 6.69. The smallest absolute Gasteiger partial charge is 0.119 e. The molecule has 0 saturated carbocycles. The highest BCUT2D eigenvalue weighted by Gasteiger charge is 2.27. The molecule has 1 atom stereocenters. The highest BCUT2D eigenvalue weighted by molar-refractivity contribution is 6.32. The number of likely N-dealkylation sites (tertiary alicyclic amines) is 1. The molecule has 0 N–H and O–H groups in total. The van der Waals surface area contributed by atoms with Crippen molar-refractivity contribution in [3.8, 4) is 5.75 Å². The molecule has 3 aromatic rings. The van der Waals surface area contributed by atoms with E-state index in [4.69, 9.17) is 21.3 Å². The van der Waals surface area contributed by atoms with Crippen molar-refractivity contribution >= 4 is 22.5 Å². The molecule has 1 aromatic heterocycles. The maximum atomic E-state index is 6.69. The summed E-state index contributed by atoms with van der Waals surface area (Å²) in [6.07, 6.45) is 2.36. The fraction of sp³-hybridized carbons (Fsp3) is 0.348. The first-order valence-corrected chi connectivity index (χ1v) is 10.1. The SMILES string of the molecule is CCOc1ccc(C2CCCN2Cc2nc3ccccc3c(C)c2Cl)cc1. The number of benzene rings is 2. The number of rotatable bonds is 5. The number of aryl methyl sites for hydroxylation is 1. The first-order chi connectivity index (χ1) is 13.2. The molecule has 0 radical (unpaired) electrons. The van der Waals surface area contributed by atoms with Crippen LogP contribution in [0.15, 0.2) is 48.5 Å². The number of pyridine rings is 1. The van der Waals surface area contributed by atoms with E-state index < -0.39 is 0 Å². The van der Waals surface area contributed by atoms with Gasteiger partial charge < -0.3 is 4.74 Å². The van der Waals surface area contributed by atoms with Crippen LogP contribution in [0.5, 0.6) is 5.75 Å². The molecule has 4 heteroatoms. The number of aromatic nitrogens is 1. The van der Waals surface area contributed by atoms with Gasteiger partial charge >= 0.3 is 0 Å². The van der Waals surface area contributed by atoms with E-state index in [1.54, 1.807) is 0 Å². The number of nitrogens with zero attached hydrogens (tertiary/aromatic N) is 2. The number of para-hydroxylation sites is 1. The summed E-state index contributed by atoms with van der Waals surface area (Å²) in [5.74, 6) is 0.931. The van der Waals surface area contributed by atoms with Crippen LogP contribution in [0.25, 0.3) is 10.9 Å². The first-order valence-electron chi connectivity index (χ1n) is 9.68. The zero-order chi connectivity index (χ0) is 18.8. The van der Waals surface area contributed by atoms with Gasteiger partial charge in [-0.1, -0.05) is 41.9 Å². The number of fused-ring (bicyclic) bond motifs is 1. The Morgan fingerprint density at radius 2 is 1.93 bits per heavy atom. The first kappa shape index (κ1) is 18.3.